The van der Waals surface area contributed by atoms with Gasteiger partial charge in [-0.3, -0.25) is 0 Å². The largest absolute Gasteiger partial charge is 0.310 e. The van der Waals surface area contributed by atoms with Gasteiger partial charge in [0.1, 0.15) is 0 Å². The number of halogens is 2. The van der Waals surface area contributed by atoms with Crippen molar-refractivity contribution in [3.63, 3.8) is 0 Å². The fourth-order valence-electron chi connectivity index (χ4n) is 1.24. The molecule has 0 aromatic heterocycles. The Morgan fingerprint density at radius 1 is 1.29 bits per heavy atom. The van der Waals surface area contributed by atoms with E-state index in [1.807, 2.05) is 6.07 Å². The Bertz CT molecular complexity index is 226. The van der Waals surface area contributed by atoms with Gasteiger partial charge in [-0.15, -0.1) is 24.0 Å². The minimum atomic E-state index is 0. The van der Waals surface area contributed by atoms with Crippen LogP contribution in [0, 0.1) is 0 Å². The molecule has 0 unspecified atom stereocenters. The third kappa shape index (κ3) is 4.85. The highest BCUT2D eigenvalue weighted by Crippen LogP contribution is 2.10. The quantitative estimate of drug-likeness (QED) is 0.608. The van der Waals surface area contributed by atoms with Crippen molar-refractivity contribution in [1.82, 2.24) is 5.32 Å². The zero-order chi connectivity index (χ0) is 9.52. The highest BCUT2D eigenvalue weighted by Gasteiger charge is 2.01. The zero-order valence-electron chi connectivity index (χ0n) is 8.37. The SMILES string of the molecule is C[C@H](NCCCCl)c1ccccc1.Cl. The average molecular weight is 234 g/mol. The molecule has 0 spiro atoms. The van der Waals surface area contributed by atoms with Crippen LogP contribution in [0.5, 0.6) is 0 Å². The average Bonchev–Trinajstić information content (AvgIpc) is 2.19. The molecule has 0 bridgehead atoms. The minimum absolute atomic E-state index is 0. The first kappa shape index (κ1) is 13.8. The standard InChI is InChI=1S/C11H16ClN.ClH/c1-10(13-9-5-8-12)11-6-3-2-4-7-11;/h2-4,6-7,10,13H,5,8-9H2,1H3;1H/t10-;/m0./s1. The fourth-order valence-corrected chi connectivity index (χ4v) is 1.38. The summed E-state index contributed by atoms with van der Waals surface area (Å²) in [5, 5.41) is 3.42. The van der Waals surface area contributed by atoms with Crippen LogP contribution in [0.4, 0.5) is 0 Å². The molecule has 0 aliphatic carbocycles. The van der Waals surface area contributed by atoms with Crippen LogP contribution in [0.15, 0.2) is 30.3 Å². The molecule has 14 heavy (non-hydrogen) atoms. The Labute approximate surface area is 97.3 Å². The summed E-state index contributed by atoms with van der Waals surface area (Å²) in [4.78, 5) is 0. The van der Waals surface area contributed by atoms with E-state index in [-0.39, 0.29) is 12.4 Å². The van der Waals surface area contributed by atoms with Crippen molar-refractivity contribution in [2.45, 2.75) is 19.4 Å². The maximum atomic E-state index is 5.59. The van der Waals surface area contributed by atoms with E-state index in [0.717, 1.165) is 18.8 Å². The summed E-state index contributed by atoms with van der Waals surface area (Å²) in [7, 11) is 0. The second-order valence-corrected chi connectivity index (χ2v) is 3.51. The molecule has 1 aromatic rings. The van der Waals surface area contributed by atoms with Crippen molar-refractivity contribution in [1.29, 1.82) is 0 Å². The van der Waals surface area contributed by atoms with Crippen molar-refractivity contribution < 1.29 is 0 Å². The van der Waals surface area contributed by atoms with E-state index in [0.29, 0.717) is 6.04 Å². The van der Waals surface area contributed by atoms with E-state index < -0.39 is 0 Å². The van der Waals surface area contributed by atoms with Gasteiger partial charge in [-0.1, -0.05) is 30.3 Å². The van der Waals surface area contributed by atoms with Crippen LogP contribution in [0.2, 0.25) is 0 Å². The second-order valence-electron chi connectivity index (χ2n) is 3.13. The summed E-state index contributed by atoms with van der Waals surface area (Å²) >= 11 is 5.59. The van der Waals surface area contributed by atoms with Crippen LogP contribution < -0.4 is 5.32 Å². The van der Waals surface area contributed by atoms with Gasteiger partial charge in [0.25, 0.3) is 0 Å². The Hall–Kier alpha value is -0.240. The summed E-state index contributed by atoms with van der Waals surface area (Å²) < 4.78 is 0. The third-order valence-electron chi connectivity index (χ3n) is 2.06. The van der Waals surface area contributed by atoms with E-state index in [1.165, 1.54) is 5.56 Å². The molecule has 80 valence electrons. The molecule has 0 heterocycles. The lowest BCUT2D eigenvalue weighted by atomic mass is 10.1. The Morgan fingerprint density at radius 3 is 2.50 bits per heavy atom. The molecule has 1 nitrogen and oxygen atoms in total. The topological polar surface area (TPSA) is 12.0 Å². The van der Waals surface area contributed by atoms with Crippen molar-refractivity contribution >= 4 is 24.0 Å². The first-order chi connectivity index (χ1) is 6.34. The van der Waals surface area contributed by atoms with E-state index in [9.17, 15) is 0 Å². The highest BCUT2D eigenvalue weighted by molar-refractivity contribution is 6.17. The fraction of sp³-hybridized carbons (Fsp3) is 0.455. The van der Waals surface area contributed by atoms with Crippen molar-refractivity contribution in [2.24, 2.45) is 0 Å². The molecular weight excluding hydrogens is 217 g/mol. The highest BCUT2D eigenvalue weighted by atomic mass is 35.5. The summed E-state index contributed by atoms with van der Waals surface area (Å²) in [6.45, 7) is 3.16. The molecule has 1 aromatic carbocycles. The van der Waals surface area contributed by atoms with Gasteiger partial charge in [0.2, 0.25) is 0 Å². The molecule has 3 heteroatoms. The number of alkyl halides is 1. The molecular formula is C11H17Cl2N. The van der Waals surface area contributed by atoms with Gasteiger partial charge in [-0.05, 0) is 25.5 Å². The van der Waals surface area contributed by atoms with Crippen molar-refractivity contribution in [2.75, 3.05) is 12.4 Å². The molecule has 0 amide bonds. The van der Waals surface area contributed by atoms with Gasteiger partial charge in [0.15, 0.2) is 0 Å². The Balaban J connectivity index is 0.00000169. The van der Waals surface area contributed by atoms with Gasteiger partial charge in [-0.25, -0.2) is 0 Å². The number of hydrogen-bond acceptors (Lipinski definition) is 1. The van der Waals surface area contributed by atoms with Crippen LogP contribution in [0.3, 0.4) is 0 Å². The molecule has 1 atom stereocenters. The molecule has 0 saturated carbocycles. The van der Waals surface area contributed by atoms with Gasteiger partial charge in [-0.2, -0.15) is 0 Å². The van der Waals surface area contributed by atoms with Gasteiger partial charge in [0.05, 0.1) is 0 Å². The van der Waals surface area contributed by atoms with Crippen LogP contribution >= 0.6 is 24.0 Å². The van der Waals surface area contributed by atoms with Crippen molar-refractivity contribution in [3.05, 3.63) is 35.9 Å². The lowest BCUT2D eigenvalue weighted by Crippen LogP contribution is -2.19. The van der Waals surface area contributed by atoms with Gasteiger partial charge in [0, 0.05) is 11.9 Å². The van der Waals surface area contributed by atoms with Crippen LogP contribution in [-0.2, 0) is 0 Å². The maximum Gasteiger partial charge on any atom is 0.0291 e. The number of benzene rings is 1. The van der Waals surface area contributed by atoms with Crippen molar-refractivity contribution in [3.8, 4) is 0 Å². The predicted octanol–water partition coefficient (Wildman–Crippen LogP) is 3.39. The van der Waals surface area contributed by atoms with Gasteiger partial charge >= 0.3 is 0 Å². The second kappa shape index (κ2) is 8.10. The van der Waals surface area contributed by atoms with E-state index in [2.05, 4.69) is 36.5 Å². The summed E-state index contributed by atoms with van der Waals surface area (Å²) in [6.07, 6.45) is 1.03. The Kier molecular flexibility index (Phi) is 7.96. The number of hydrogen-bond donors (Lipinski definition) is 1. The monoisotopic (exact) mass is 233 g/mol. The zero-order valence-corrected chi connectivity index (χ0v) is 9.94. The molecule has 1 N–H and O–H groups in total. The minimum Gasteiger partial charge on any atom is -0.310 e. The van der Waals surface area contributed by atoms with Crippen LogP contribution in [0.25, 0.3) is 0 Å². The first-order valence-corrected chi connectivity index (χ1v) is 5.22. The normalized spacial score (nSPS) is 11.9. The molecule has 0 radical (unpaired) electrons. The van der Waals surface area contributed by atoms with Gasteiger partial charge < -0.3 is 5.32 Å². The lowest BCUT2D eigenvalue weighted by Gasteiger charge is -2.13. The molecule has 0 aliphatic rings. The smallest absolute Gasteiger partial charge is 0.0291 e. The first-order valence-electron chi connectivity index (χ1n) is 4.69. The summed E-state index contributed by atoms with van der Waals surface area (Å²) in [5.74, 6) is 0.731. The van der Waals surface area contributed by atoms with E-state index in [4.69, 9.17) is 11.6 Å². The number of nitrogens with one attached hydrogen (secondary N) is 1. The van der Waals surface area contributed by atoms with Crippen LogP contribution in [-0.4, -0.2) is 12.4 Å². The van der Waals surface area contributed by atoms with E-state index in [1.54, 1.807) is 0 Å². The molecule has 1 rings (SSSR count). The van der Waals surface area contributed by atoms with E-state index >= 15 is 0 Å². The predicted molar refractivity (Wildman–Crippen MR) is 65.4 cm³/mol. The lowest BCUT2D eigenvalue weighted by molar-refractivity contribution is 0.572. The third-order valence-corrected chi connectivity index (χ3v) is 2.33. The Morgan fingerprint density at radius 2 is 1.93 bits per heavy atom. The summed E-state index contributed by atoms with van der Waals surface area (Å²) in [5.41, 5.74) is 1.33. The molecule has 0 saturated heterocycles. The van der Waals surface area contributed by atoms with Crippen LogP contribution in [0.1, 0.15) is 24.9 Å². The summed E-state index contributed by atoms with van der Waals surface area (Å²) in [6, 6.07) is 10.9. The maximum absolute atomic E-state index is 5.59. The molecule has 0 fully saturated rings. The molecule has 0 aliphatic heterocycles. The number of rotatable bonds is 5.